The van der Waals surface area contributed by atoms with E-state index in [0.29, 0.717) is 0 Å². The van der Waals surface area contributed by atoms with Crippen LogP contribution in [-0.4, -0.2) is 249 Å². The van der Waals surface area contributed by atoms with Gasteiger partial charge in [-0.15, -0.1) is 0 Å². The van der Waals surface area contributed by atoms with E-state index in [4.69, 9.17) is 20.4 Å². The van der Waals surface area contributed by atoms with Gasteiger partial charge in [0.05, 0.1) is 0 Å². The molecule has 0 aromatic rings. The molecule has 49 heavy (non-hydrogen) atoms. The fraction of sp³-hybridized carbons (Fsp3) is 0.765. The Morgan fingerprint density at radius 1 is 0.367 bits per heavy atom. The van der Waals surface area contributed by atoms with E-state index in [1.54, 1.807) is 103 Å². The Kier molecular flexibility index (Phi) is 234. The number of aliphatic hydroxyl groups excluding tert-OH is 4. The van der Waals surface area contributed by atoms with Gasteiger partial charge < -0.3 is 30.2 Å². The second-order valence-corrected chi connectivity index (χ2v) is 8.90. The second kappa shape index (κ2) is 104. The van der Waals surface area contributed by atoms with Gasteiger partial charge >= 0.3 is 52.9 Å². The summed E-state index contributed by atoms with van der Waals surface area (Å²) in [5, 5.41) is 31.8. The Morgan fingerprint density at radius 3 is 0.429 bits per heavy atom. The van der Waals surface area contributed by atoms with Crippen LogP contribution < -0.4 is 0 Å². The van der Waals surface area contributed by atoms with Crippen LogP contribution in [0.1, 0.15) is 73.3 Å². The molecule has 4 N–H and O–H groups in total. The Hall–Kier alpha value is -2.92. The van der Waals surface area contributed by atoms with Gasteiger partial charge in [0.1, 0.15) is 97.0 Å². The molecule has 0 bridgehead atoms. The molecule has 0 saturated heterocycles. The topological polar surface area (TPSA) is 140 Å². The first kappa shape index (κ1) is 111. The standard InChI is InChI=1S/2C4H10N.6C3H7NO.8CH4.Pb/c2*1-4-5(2)3;6*1-4(2)3-5;;;;;;;;;/h2*4H,1-3H3;6*3H,1-2H3;8*1H4;/q2*+1;;;;;;;;;;;;;;;+2/p+4. The van der Waals surface area contributed by atoms with Crippen LogP contribution >= 0.6 is 0 Å². The molecule has 0 aliphatic rings. The first-order valence-electron chi connectivity index (χ1n) is 11.9. The molecule has 0 heterocycles. The number of aliphatic hydroxyl groups is 4. The Balaban J connectivity index is -0.0000000155. The molecule has 0 rings (SSSR count). The van der Waals surface area contributed by atoms with Gasteiger partial charge in [-0.2, -0.15) is 0 Å². The predicted molar refractivity (Wildman–Crippen MR) is 230 cm³/mol. The summed E-state index contributed by atoms with van der Waals surface area (Å²) in [7, 11) is 28.8. The van der Waals surface area contributed by atoms with Gasteiger partial charge in [-0.25, -0.2) is 27.5 Å². The molecule has 0 unspecified atom stereocenters. The fourth-order valence-electron chi connectivity index (χ4n) is 0. The smallest absolute Gasteiger partial charge is 0.466 e. The molecular weight excluding hydrogens is 824 g/mol. The average molecular weight is 922 g/mol. The normalized spacial score (nSPS) is 5.59. The van der Waals surface area contributed by atoms with Crippen molar-refractivity contribution in [1.82, 2.24) is 9.80 Å². The SMILES string of the molecule is C.C.C.C.C.C.C.C.CC=[N+](C)C.CC=[N+](C)C.CN(C)C=O.CN(C)C=O.C[N+](C)=CO.C[N+](C)=CO.C[N+](C)=CO.C[N+](C)=CO.[Pb+2]. The van der Waals surface area contributed by atoms with Gasteiger partial charge in [0.2, 0.25) is 12.8 Å². The zero-order valence-corrected chi connectivity index (χ0v) is 33.2. The van der Waals surface area contributed by atoms with E-state index >= 15 is 0 Å². The van der Waals surface area contributed by atoms with Gasteiger partial charge in [-0.1, -0.05) is 59.4 Å². The number of nitrogens with zero attached hydrogens (tertiary/aromatic N) is 8. The summed E-state index contributed by atoms with van der Waals surface area (Å²) in [6.45, 7) is 4.00. The van der Waals surface area contributed by atoms with Gasteiger partial charge in [-0.05, 0) is 0 Å². The maximum absolute atomic E-state index is 9.43. The molecule has 306 valence electrons. The number of hydrogen-bond donors (Lipinski definition) is 4. The van der Waals surface area contributed by atoms with E-state index in [2.05, 4.69) is 0 Å². The van der Waals surface area contributed by atoms with Gasteiger partial charge in [0.15, 0.2) is 0 Å². The summed E-state index contributed by atoms with van der Waals surface area (Å²) >= 11 is 0. The summed E-state index contributed by atoms with van der Waals surface area (Å²) in [5.74, 6) is 0. The second-order valence-electron chi connectivity index (χ2n) is 8.90. The Bertz CT molecular complexity index is 567. The molecule has 0 aliphatic carbocycles. The largest absolute Gasteiger partial charge is 2.00 e. The first-order chi connectivity index (χ1) is 18.2. The molecule has 0 saturated carbocycles. The van der Waals surface area contributed by atoms with Crippen molar-refractivity contribution < 1.29 is 57.5 Å². The number of carbonyl (C=O) groups is 2. The van der Waals surface area contributed by atoms with Crippen LogP contribution in [0.15, 0.2) is 0 Å². The molecule has 0 aromatic heterocycles. The zero-order valence-electron chi connectivity index (χ0n) is 29.3. The molecule has 0 atom stereocenters. The molecule has 0 fully saturated rings. The van der Waals surface area contributed by atoms with E-state index in [9.17, 15) is 9.59 Å². The minimum Gasteiger partial charge on any atom is -0.466 e. The summed E-state index contributed by atoms with van der Waals surface area (Å²) in [5.41, 5.74) is 0. The van der Waals surface area contributed by atoms with Crippen molar-refractivity contribution in [3.63, 3.8) is 0 Å². The summed E-state index contributed by atoms with van der Waals surface area (Å²) in [6.07, 6.45) is 9.50. The van der Waals surface area contributed by atoms with Crippen molar-refractivity contribution in [2.75, 3.05) is 113 Å². The fourth-order valence-corrected chi connectivity index (χ4v) is 0. The molecule has 2 amide bonds. The molecule has 0 aromatic carbocycles. The van der Waals surface area contributed by atoms with E-state index in [0.717, 1.165) is 38.4 Å². The maximum Gasteiger partial charge on any atom is 2.00 e. The van der Waals surface area contributed by atoms with Gasteiger partial charge in [0.25, 0.3) is 0 Å². The summed E-state index contributed by atoms with van der Waals surface area (Å²) < 4.78 is 10.2. The zero-order chi connectivity index (χ0) is 34.3. The first-order valence-corrected chi connectivity index (χ1v) is 11.9. The third kappa shape index (κ3) is 489. The van der Waals surface area contributed by atoms with Crippen LogP contribution in [0.25, 0.3) is 0 Å². The number of carbonyl (C=O) groups excluding carboxylic acids is 2. The number of rotatable bonds is 2. The Morgan fingerprint density at radius 2 is 0.429 bits per heavy atom. The number of hydrogen-bond acceptors (Lipinski definition) is 2. The van der Waals surface area contributed by atoms with E-state index in [1.807, 2.05) is 63.6 Å². The van der Waals surface area contributed by atoms with Crippen molar-refractivity contribution in [2.45, 2.75) is 73.3 Å². The molecule has 0 aliphatic heterocycles. The predicted octanol–water partition coefficient (Wildman–Crippen LogP) is 4.19. The third-order valence-electron chi connectivity index (χ3n) is 2.38. The van der Waals surface area contributed by atoms with Crippen molar-refractivity contribution in [3.8, 4) is 0 Å². The monoisotopic (exact) mass is 923 g/mol. The van der Waals surface area contributed by atoms with Crippen molar-refractivity contribution in [2.24, 2.45) is 0 Å². The van der Waals surface area contributed by atoms with Crippen LogP contribution in [0, 0.1) is 0 Å². The van der Waals surface area contributed by atoms with Crippen molar-refractivity contribution >= 4 is 78.2 Å². The van der Waals surface area contributed by atoms with E-state index in [1.165, 1.54) is 9.80 Å². The third-order valence-corrected chi connectivity index (χ3v) is 2.38. The summed E-state index contributed by atoms with van der Waals surface area (Å²) in [4.78, 5) is 21.8. The summed E-state index contributed by atoms with van der Waals surface area (Å²) in [6, 6.07) is 0. The minimum absolute atomic E-state index is 0. The molecule has 14 nitrogen and oxygen atoms in total. The molecule has 0 spiro atoms. The van der Waals surface area contributed by atoms with Crippen LogP contribution in [0.3, 0.4) is 0 Å². The number of amides is 2. The van der Waals surface area contributed by atoms with Crippen molar-refractivity contribution in [1.29, 1.82) is 0 Å². The van der Waals surface area contributed by atoms with Gasteiger partial charge in [0, 0.05) is 42.0 Å². The minimum atomic E-state index is 0. The van der Waals surface area contributed by atoms with E-state index in [-0.39, 0.29) is 86.7 Å². The average Bonchev–Trinajstić information content (AvgIpc) is 2.90. The van der Waals surface area contributed by atoms with Gasteiger partial charge in [-0.3, -0.25) is 9.59 Å². The molecule has 15 heteroatoms. The van der Waals surface area contributed by atoms with Crippen LogP contribution in [0.2, 0.25) is 0 Å². The Labute approximate surface area is 330 Å². The quantitative estimate of drug-likeness (QED) is 0.108. The van der Waals surface area contributed by atoms with Crippen LogP contribution in [0.5, 0.6) is 0 Å². The van der Waals surface area contributed by atoms with Crippen LogP contribution in [0.4, 0.5) is 0 Å². The van der Waals surface area contributed by atoms with Crippen molar-refractivity contribution in [3.05, 3.63) is 0 Å². The molecule has 2 radical (unpaired) electrons. The van der Waals surface area contributed by atoms with E-state index < -0.39 is 0 Å². The van der Waals surface area contributed by atoms with Crippen LogP contribution in [-0.2, 0) is 9.59 Å². The molecular formula is C34H98N8O6Pb+8. The maximum atomic E-state index is 9.43.